The second-order valence-corrected chi connectivity index (χ2v) is 5.06. The number of nitrogens with one attached hydrogen (secondary N) is 1. The quantitative estimate of drug-likeness (QED) is 0.671. The lowest BCUT2D eigenvalue weighted by Gasteiger charge is -2.16. The van der Waals surface area contributed by atoms with Gasteiger partial charge in [-0.05, 0) is 44.9 Å². The number of aryl methyl sites for hydroxylation is 1. The smallest absolute Gasteiger partial charge is 0.120 e. The molecular formula is C16H27NO2. The molecule has 3 nitrogen and oxygen atoms in total. The molecule has 0 aliphatic carbocycles. The number of unbranched alkanes of at least 4 members (excludes halogenated alkanes) is 1. The van der Waals surface area contributed by atoms with Crippen LogP contribution >= 0.6 is 0 Å². The lowest BCUT2D eigenvalue weighted by Crippen LogP contribution is -2.21. The third kappa shape index (κ3) is 6.08. The van der Waals surface area contributed by atoms with Gasteiger partial charge in [0.15, 0.2) is 0 Å². The zero-order chi connectivity index (χ0) is 14.1. The van der Waals surface area contributed by atoms with Crippen molar-refractivity contribution in [3.8, 4) is 5.75 Å². The zero-order valence-electron chi connectivity index (χ0n) is 12.4. The Kier molecular flexibility index (Phi) is 7.53. The van der Waals surface area contributed by atoms with Crippen molar-refractivity contribution in [1.29, 1.82) is 0 Å². The molecule has 1 atom stereocenters. The van der Waals surface area contributed by atoms with Crippen molar-refractivity contribution in [3.05, 3.63) is 29.3 Å². The molecule has 0 radical (unpaired) electrons. The molecule has 2 N–H and O–H groups in total. The molecule has 1 aromatic carbocycles. The van der Waals surface area contributed by atoms with E-state index in [1.54, 1.807) is 6.07 Å². The van der Waals surface area contributed by atoms with Gasteiger partial charge < -0.3 is 15.2 Å². The summed E-state index contributed by atoms with van der Waals surface area (Å²) in [6.45, 7) is 8.79. The molecule has 0 spiro atoms. The molecule has 0 saturated carbocycles. The minimum absolute atomic E-state index is 0.163. The standard InChI is InChI=1S/C16H27NO2/c1-4-5-10-19-11-6-9-17-14(3)15-8-7-13(2)12-16(15)18/h7-8,12,14,17-18H,4-6,9-11H2,1-3H3. The summed E-state index contributed by atoms with van der Waals surface area (Å²) in [6, 6.07) is 5.99. The van der Waals surface area contributed by atoms with Gasteiger partial charge in [-0.1, -0.05) is 25.5 Å². The summed E-state index contributed by atoms with van der Waals surface area (Å²) >= 11 is 0. The highest BCUT2D eigenvalue weighted by molar-refractivity contribution is 5.37. The summed E-state index contributed by atoms with van der Waals surface area (Å²) in [7, 11) is 0. The fraction of sp³-hybridized carbons (Fsp3) is 0.625. The Morgan fingerprint density at radius 3 is 2.68 bits per heavy atom. The topological polar surface area (TPSA) is 41.5 Å². The molecule has 108 valence electrons. The van der Waals surface area contributed by atoms with Gasteiger partial charge in [0.1, 0.15) is 5.75 Å². The molecule has 0 aliphatic heterocycles. The maximum absolute atomic E-state index is 9.90. The van der Waals surface area contributed by atoms with Crippen molar-refractivity contribution in [2.75, 3.05) is 19.8 Å². The van der Waals surface area contributed by atoms with Crippen molar-refractivity contribution < 1.29 is 9.84 Å². The van der Waals surface area contributed by atoms with Crippen LogP contribution in [0.5, 0.6) is 5.75 Å². The van der Waals surface area contributed by atoms with Crippen LogP contribution in [0.3, 0.4) is 0 Å². The van der Waals surface area contributed by atoms with Crippen LogP contribution in [0, 0.1) is 6.92 Å². The Hall–Kier alpha value is -1.06. The van der Waals surface area contributed by atoms with Gasteiger partial charge in [-0.25, -0.2) is 0 Å². The van der Waals surface area contributed by atoms with Gasteiger partial charge in [0.2, 0.25) is 0 Å². The Morgan fingerprint density at radius 2 is 2.00 bits per heavy atom. The Bertz CT molecular complexity index is 366. The van der Waals surface area contributed by atoms with Gasteiger partial charge in [-0.3, -0.25) is 0 Å². The molecule has 0 saturated heterocycles. The van der Waals surface area contributed by atoms with Crippen molar-refractivity contribution in [1.82, 2.24) is 5.32 Å². The first kappa shape index (κ1) is 16.0. The summed E-state index contributed by atoms with van der Waals surface area (Å²) in [4.78, 5) is 0. The summed E-state index contributed by atoms with van der Waals surface area (Å²) in [5, 5.41) is 13.3. The van der Waals surface area contributed by atoms with Crippen molar-refractivity contribution in [3.63, 3.8) is 0 Å². The second kappa shape index (κ2) is 8.94. The van der Waals surface area contributed by atoms with Crippen molar-refractivity contribution >= 4 is 0 Å². The Balaban J connectivity index is 2.22. The van der Waals surface area contributed by atoms with Crippen molar-refractivity contribution in [2.24, 2.45) is 0 Å². The number of aromatic hydroxyl groups is 1. The summed E-state index contributed by atoms with van der Waals surface area (Å²) in [6.07, 6.45) is 3.32. The Labute approximate surface area is 117 Å². The highest BCUT2D eigenvalue weighted by Gasteiger charge is 2.09. The highest BCUT2D eigenvalue weighted by atomic mass is 16.5. The van der Waals surface area contributed by atoms with Crippen LogP contribution < -0.4 is 5.32 Å². The minimum Gasteiger partial charge on any atom is -0.508 e. The van der Waals surface area contributed by atoms with E-state index in [1.165, 1.54) is 6.42 Å². The first-order valence-electron chi connectivity index (χ1n) is 7.25. The van der Waals surface area contributed by atoms with Crippen LogP contribution in [0.2, 0.25) is 0 Å². The first-order valence-corrected chi connectivity index (χ1v) is 7.25. The van der Waals surface area contributed by atoms with Crippen LogP contribution in [0.15, 0.2) is 18.2 Å². The molecule has 0 fully saturated rings. The number of ether oxygens (including phenoxy) is 1. The number of rotatable bonds is 9. The summed E-state index contributed by atoms with van der Waals surface area (Å²) < 4.78 is 5.51. The van der Waals surface area contributed by atoms with Crippen molar-refractivity contribution in [2.45, 2.75) is 46.1 Å². The summed E-state index contributed by atoms with van der Waals surface area (Å²) in [5.74, 6) is 0.374. The first-order chi connectivity index (χ1) is 9.15. The van der Waals surface area contributed by atoms with Gasteiger partial charge in [0.25, 0.3) is 0 Å². The van der Waals surface area contributed by atoms with E-state index in [2.05, 4.69) is 19.2 Å². The zero-order valence-corrected chi connectivity index (χ0v) is 12.4. The number of phenolic OH excluding ortho intramolecular Hbond substituents is 1. The van der Waals surface area contributed by atoms with Gasteiger partial charge in [-0.2, -0.15) is 0 Å². The maximum Gasteiger partial charge on any atom is 0.120 e. The fourth-order valence-electron chi connectivity index (χ4n) is 1.97. The maximum atomic E-state index is 9.90. The SMILES string of the molecule is CCCCOCCCNC(C)c1ccc(C)cc1O. The molecular weight excluding hydrogens is 238 g/mol. The van der Waals surface area contributed by atoms with Gasteiger partial charge in [0.05, 0.1) is 0 Å². The molecule has 1 unspecified atom stereocenters. The van der Waals surface area contributed by atoms with E-state index < -0.39 is 0 Å². The number of hydrogen-bond acceptors (Lipinski definition) is 3. The fourth-order valence-corrected chi connectivity index (χ4v) is 1.97. The average Bonchev–Trinajstić information content (AvgIpc) is 2.37. The van der Waals surface area contributed by atoms with Crippen LogP contribution in [-0.4, -0.2) is 24.9 Å². The van der Waals surface area contributed by atoms with E-state index in [4.69, 9.17) is 4.74 Å². The molecule has 0 aliphatic rings. The molecule has 1 aromatic rings. The van der Waals surface area contributed by atoms with Gasteiger partial charge in [0, 0.05) is 24.8 Å². The number of phenols is 1. The monoisotopic (exact) mass is 265 g/mol. The second-order valence-electron chi connectivity index (χ2n) is 5.06. The molecule has 1 rings (SSSR count). The largest absolute Gasteiger partial charge is 0.508 e. The lowest BCUT2D eigenvalue weighted by molar-refractivity contribution is 0.128. The molecule has 0 amide bonds. The predicted octanol–water partition coefficient (Wildman–Crippen LogP) is 3.56. The normalized spacial score (nSPS) is 12.6. The van der Waals surface area contributed by atoms with E-state index >= 15 is 0 Å². The van der Waals surface area contributed by atoms with E-state index in [-0.39, 0.29) is 6.04 Å². The van der Waals surface area contributed by atoms with E-state index in [0.717, 1.165) is 43.7 Å². The van der Waals surface area contributed by atoms with Crippen LogP contribution in [-0.2, 0) is 4.74 Å². The highest BCUT2D eigenvalue weighted by Crippen LogP contribution is 2.24. The third-order valence-electron chi connectivity index (χ3n) is 3.21. The van der Waals surface area contributed by atoms with Crippen LogP contribution in [0.4, 0.5) is 0 Å². The average molecular weight is 265 g/mol. The Morgan fingerprint density at radius 1 is 1.26 bits per heavy atom. The summed E-state index contributed by atoms with van der Waals surface area (Å²) in [5.41, 5.74) is 2.04. The van der Waals surface area contributed by atoms with Gasteiger partial charge >= 0.3 is 0 Å². The van der Waals surface area contributed by atoms with E-state index in [9.17, 15) is 5.11 Å². The van der Waals surface area contributed by atoms with Crippen LogP contribution in [0.1, 0.15) is 50.3 Å². The molecule has 0 aromatic heterocycles. The molecule has 19 heavy (non-hydrogen) atoms. The lowest BCUT2D eigenvalue weighted by atomic mass is 10.1. The minimum atomic E-state index is 0.163. The predicted molar refractivity (Wildman–Crippen MR) is 79.6 cm³/mol. The van der Waals surface area contributed by atoms with E-state index in [1.807, 2.05) is 19.1 Å². The van der Waals surface area contributed by atoms with E-state index in [0.29, 0.717) is 5.75 Å². The van der Waals surface area contributed by atoms with Crippen LogP contribution in [0.25, 0.3) is 0 Å². The number of hydrogen-bond donors (Lipinski definition) is 2. The molecule has 3 heteroatoms. The number of benzene rings is 1. The van der Waals surface area contributed by atoms with Gasteiger partial charge in [-0.15, -0.1) is 0 Å². The third-order valence-corrected chi connectivity index (χ3v) is 3.21. The molecule has 0 heterocycles. The molecule has 0 bridgehead atoms.